The molecule has 0 aliphatic rings. The van der Waals surface area contributed by atoms with Crippen LogP contribution in [0.1, 0.15) is 84.6 Å². The first-order valence-corrected chi connectivity index (χ1v) is 12.5. The Morgan fingerprint density at radius 2 is 1.61 bits per heavy atom. The molecule has 0 bridgehead atoms. The Bertz CT molecular complexity index is 666. The van der Waals surface area contributed by atoms with Crippen molar-refractivity contribution >= 4 is 27.7 Å². The molecule has 1 aromatic rings. The highest BCUT2D eigenvalue weighted by atomic mass is 79.9. The van der Waals surface area contributed by atoms with Crippen LogP contribution in [0.2, 0.25) is 0 Å². The third kappa shape index (κ3) is 10.0. The molecule has 0 N–H and O–H groups in total. The van der Waals surface area contributed by atoms with Crippen molar-refractivity contribution in [2.24, 2.45) is 11.8 Å². The van der Waals surface area contributed by atoms with Crippen LogP contribution >= 0.6 is 15.9 Å². The second-order valence-corrected chi connectivity index (χ2v) is 9.24. The van der Waals surface area contributed by atoms with Gasteiger partial charge in [0.05, 0.1) is 10.5 Å². The van der Waals surface area contributed by atoms with Gasteiger partial charge in [0.1, 0.15) is 6.61 Å². The summed E-state index contributed by atoms with van der Waals surface area (Å²) >= 11 is 3.26. The first-order valence-electron chi connectivity index (χ1n) is 11.7. The Hall–Kier alpha value is -1.63. The molecule has 0 radical (unpaired) electrons. The SMILES string of the molecule is CCCCC(CC)CN(CC(CC)CCCC)C(=O)OCc1ccc(Br)cc1[N+](=O)[O-]. The van der Waals surface area contributed by atoms with Gasteiger partial charge in [-0.1, -0.05) is 82.1 Å². The Labute approximate surface area is 196 Å². The van der Waals surface area contributed by atoms with Gasteiger partial charge in [0, 0.05) is 23.6 Å². The third-order valence-corrected chi connectivity index (χ3v) is 6.39. The zero-order chi connectivity index (χ0) is 23.2. The number of ether oxygens (including phenoxy) is 1. The number of amides is 1. The molecule has 2 unspecified atom stereocenters. The summed E-state index contributed by atoms with van der Waals surface area (Å²) in [5.74, 6) is 0.886. The molecule has 0 heterocycles. The number of nitro benzene ring substituents is 1. The van der Waals surface area contributed by atoms with Gasteiger partial charge in [0.2, 0.25) is 0 Å². The molecule has 0 saturated carbocycles. The topological polar surface area (TPSA) is 72.7 Å². The second kappa shape index (κ2) is 15.2. The van der Waals surface area contributed by atoms with Crippen LogP contribution in [0.4, 0.5) is 10.5 Å². The standard InChI is InChI=1S/C24H39BrN2O4/c1-5-9-11-19(7-3)16-26(17-20(8-4)12-10-6-2)24(28)31-18-21-13-14-22(25)15-23(21)27(29)30/h13-15,19-20H,5-12,16-18H2,1-4H3. The molecule has 1 amide bonds. The van der Waals surface area contributed by atoms with Gasteiger partial charge in [-0.2, -0.15) is 0 Å². The van der Waals surface area contributed by atoms with Crippen LogP contribution in [0.15, 0.2) is 22.7 Å². The minimum absolute atomic E-state index is 0.0440. The summed E-state index contributed by atoms with van der Waals surface area (Å²) in [5, 5.41) is 11.4. The average molecular weight is 499 g/mol. The van der Waals surface area contributed by atoms with E-state index < -0.39 is 4.92 Å². The maximum Gasteiger partial charge on any atom is 0.410 e. The lowest BCUT2D eigenvalue weighted by Gasteiger charge is -2.30. The van der Waals surface area contributed by atoms with E-state index in [0.717, 1.165) is 51.4 Å². The number of unbranched alkanes of at least 4 members (excludes halogenated alkanes) is 2. The quantitative estimate of drug-likeness (QED) is 0.183. The molecule has 1 rings (SSSR count). The van der Waals surface area contributed by atoms with Crippen LogP contribution in [0, 0.1) is 22.0 Å². The highest BCUT2D eigenvalue weighted by Crippen LogP contribution is 2.25. The molecule has 0 saturated heterocycles. The van der Waals surface area contributed by atoms with E-state index in [2.05, 4.69) is 43.6 Å². The number of nitrogens with zero attached hydrogens (tertiary/aromatic N) is 2. The van der Waals surface area contributed by atoms with Gasteiger partial charge in [0.25, 0.3) is 5.69 Å². The van der Waals surface area contributed by atoms with E-state index in [0.29, 0.717) is 35.0 Å². The van der Waals surface area contributed by atoms with E-state index in [1.807, 2.05) is 4.90 Å². The number of nitro groups is 1. The predicted octanol–water partition coefficient (Wildman–Crippen LogP) is 7.73. The van der Waals surface area contributed by atoms with Crippen LogP contribution in [-0.2, 0) is 11.3 Å². The first kappa shape index (κ1) is 27.4. The Balaban J connectivity index is 2.92. The molecule has 176 valence electrons. The first-order chi connectivity index (χ1) is 14.9. The van der Waals surface area contributed by atoms with Crippen molar-refractivity contribution < 1.29 is 14.5 Å². The molecule has 0 aliphatic carbocycles. The summed E-state index contributed by atoms with van der Waals surface area (Å²) in [7, 11) is 0. The zero-order valence-electron chi connectivity index (χ0n) is 19.6. The fourth-order valence-corrected chi connectivity index (χ4v) is 4.09. The van der Waals surface area contributed by atoms with Crippen LogP contribution in [0.5, 0.6) is 0 Å². The van der Waals surface area contributed by atoms with Crippen LogP contribution in [-0.4, -0.2) is 29.0 Å². The Morgan fingerprint density at radius 3 is 2.06 bits per heavy atom. The van der Waals surface area contributed by atoms with Crippen LogP contribution in [0.3, 0.4) is 0 Å². The maximum absolute atomic E-state index is 13.0. The smallest absolute Gasteiger partial charge is 0.410 e. The van der Waals surface area contributed by atoms with E-state index >= 15 is 0 Å². The number of hydrogen-bond donors (Lipinski definition) is 0. The molecule has 0 fully saturated rings. The molecule has 1 aromatic carbocycles. The maximum atomic E-state index is 13.0. The molecular weight excluding hydrogens is 460 g/mol. The molecule has 31 heavy (non-hydrogen) atoms. The van der Waals surface area contributed by atoms with Crippen molar-refractivity contribution in [3.63, 3.8) is 0 Å². The van der Waals surface area contributed by atoms with E-state index in [1.165, 1.54) is 6.07 Å². The highest BCUT2D eigenvalue weighted by molar-refractivity contribution is 9.10. The highest BCUT2D eigenvalue weighted by Gasteiger charge is 2.24. The van der Waals surface area contributed by atoms with Crippen molar-refractivity contribution in [1.82, 2.24) is 4.90 Å². The predicted molar refractivity (Wildman–Crippen MR) is 129 cm³/mol. The fraction of sp³-hybridized carbons (Fsp3) is 0.708. The number of carbonyl (C=O) groups excluding carboxylic acids is 1. The molecule has 0 aromatic heterocycles. The lowest BCUT2D eigenvalue weighted by Crippen LogP contribution is -2.39. The lowest BCUT2D eigenvalue weighted by molar-refractivity contribution is -0.385. The van der Waals surface area contributed by atoms with Gasteiger partial charge < -0.3 is 9.64 Å². The summed E-state index contributed by atoms with van der Waals surface area (Å²) < 4.78 is 6.21. The van der Waals surface area contributed by atoms with E-state index in [1.54, 1.807) is 12.1 Å². The van der Waals surface area contributed by atoms with Gasteiger partial charge in [-0.25, -0.2) is 4.79 Å². The van der Waals surface area contributed by atoms with Crippen molar-refractivity contribution in [2.75, 3.05) is 13.1 Å². The van der Waals surface area contributed by atoms with Gasteiger partial charge in [-0.15, -0.1) is 0 Å². The third-order valence-electron chi connectivity index (χ3n) is 5.90. The van der Waals surface area contributed by atoms with Gasteiger partial charge in [0.15, 0.2) is 0 Å². The number of halogens is 1. The van der Waals surface area contributed by atoms with Crippen molar-refractivity contribution in [2.45, 2.75) is 85.7 Å². The summed E-state index contributed by atoms with van der Waals surface area (Å²) in [6.45, 7) is 9.97. The number of carbonyl (C=O) groups is 1. The number of rotatable bonds is 15. The number of hydrogen-bond acceptors (Lipinski definition) is 4. The molecule has 0 spiro atoms. The van der Waals surface area contributed by atoms with Crippen molar-refractivity contribution in [3.8, 4) is 0 Å². The molecule has 6 nitrogen and oxygen atoms in total. The number of benzene rings is 1. The van der Waals surface area contributed by atoms with Crippen molar-refractivity contribution in [1.29, 1.82) is 0 Å². The second-order valence-electron chi connectivity index (χ2n) is 8.32. The average Bonchev–Trinajstić information content (AvgIpc) is 2.76. The van der Waals surface area contributed by atoms with E-state index in [-0.39, 0.29) is 18.4 Å². The normalized spacial score (nSPS) is 12.9. The van der Waals surface area contributed by atoms with Crippen molar-refractivity contribution in [3.05, 3.63) is 38.3 Å². The molecular formula is C24H39BrN2O4. The van der Waals surface area contributed by atoms with Gasteiger partial charge in [-0.3, -0.25) is 10.1 Å². The molecule has 2 atom stereocenters. The summed E-state index contributed by atoms with van der Waals surface area (Å²) in [5.41, 5.74) is 0.357. The Kier molecular flexibility index (Phi) is 13.5. The molecule has 7 heteroatoms. The fourth-order valence-electron chi connectivity index (χ4n) is 3.74. The largest absolute Gasteiger partial charge is 0.444 e. The summed E-state index contributed by atoms with van der Waals surface area (Å²) in [6.07, 6.45) is 8.45. The van der Waals surface area contributed by atoms with Gasteiger partial charge >= 0.3 is 6.09 Å². The van der Waals surface area contributed by atoms with E-state index in [9.17, 15) is 14.9 Å². The molecule has 0 aliphatic heterocycles. The van der Waals surface area contributed by atoms with Crippen LogP contribution in [0.25, 0.3) is 0 Å². The minimum atomic E-state index is -0.443. The summed E-state index contributed by atoms with van der Waals surface area (Å²) in [4.78, 5) is 25.8. The summed E-state index contributed by atoms with van der Waals surface area (Å²) in [6, 6.07) is 4.80. The Morgan fingerprint density at radius 1 is 1.06 bits per heavy atom. The van der Waals surface area contributed by atoms with Gasteiger partial charge in [-0.05, 0) is 36.8 Å². The van der Waals surface area contributed by atoms with Crippen LogP contribution < -0.4 is 0 Å². The zero-order valence-corrected chi connectivity index (χ0v) is 21.2. The monoisotopic (exact) mass is 498 g/mol. The minimum Gasteiger partial charge on any atom is -0.444 e. The lowest BCUT2D eigenvalue weighted by atomic mass is 9.96. The van der Waals surface area contributed by atoms with E-state index in [4.69, 9.17) is 4.74 Å².